The van der Waals surface area contributed by atoms with Crippen molar-refractivity contribution in [2.24, 2.45) is 13.0 Å². The Hall–Kier alpha value is -3.13. The molecule has 37 heavy (non-hydrogen) atoms. The minimum Gasteiger partial charge on any atom is -0.312 e. The summed E-state index contributed by atoms with van der Waals surface area (Å²) in [4.78, 5) is 27.3. The smallest absolute Gasteiger partial charge is 0.312 e. The molecule has 4 rings (SSSR count). The van der Waals surface area contributed by atoms with Gasteiger partial charge < -0.3 is 10.2 Å². The number of halogens is 1. The van der Waals surface area contributed by atoms with Crippen molar-refractivity contribution in [2.45, 2.75) is 59.3 Å². The predicted octanol–water partition coefficient (Wildman–Crippen LogP) is 6.73. The number of carbonyl (C=O) groups is 2. The van der Waals surface area contributed by atoms with Crippen molar-refractivity contribution in [3.63, 3.8) is 0 Å². The summed E-state index contributed by atoms with van der Waals surface area (Å²) in [6.07, 6.45) is 2.33. The van der Waals surface area contributed by atoms with E-state index >= 15 is 0 Å². The highest BCUT2D eigenvalue weighted by Crippen LogP contribution is 2.33. The first-order valence-electron chi connectivity index (χ1n) is 12.7. The molecule has 3 aromatic rings. The molecule has 1 aromatic heterocycles. The van der Waals surface area contributed by atoms with Gasteiger partial charge in [-0.2, -0.15) is 5.10 Å². The number of nitrogens with zero attached hydrogens (tertiary/aromatic N) is 3. The highest BCUT2D eigenvalue weighted by molar-refractivity contribution is 9.10. The lowest BCUT2D eigenvalue weighted by molar-refractivity contribution is -0.120. The van der Waals surface area contributed by atoms with Crippen molar-refractivity contribution < 1.29 is 9.59 Å². The van der Waals surface area contributed by atoms with E-state index < -0.39 is 0 Å². The Balaban J connectivity index is 1.37. The van der Waals surface area contributed by atoms with Crippen LogP contribution < -0.4 is 15.5 Å². The largest absolute Gasteiger partial charge is 0.324 e. The van der Waals surface area contributed by atoms with Crippen LogP contribution in [0.15, 0.2) is 46.9 Å². The van der Waals surface area contributed by atoms with Gasteiger partial charge in [0.1, 0.15) is 5.82 Å². The fourth-order valence-corrected chi connectivity index (χ4v) is 5.60. The van der Waals surface area contributed by atoms with Crippen molar-refractivity contribution in [3.8, 4) is 0 Å². The number of anilines is 3. The van der Waals surface area contributed by atoms with Gasteiger partial charge >= 0.3 is 6.03 Å². The third-order valence-electron chi connectivity index (χ3n) is 6.86. The highest BCUT2D eigenvalue weighted by atomic mass is 79.9. The molecule has 2 heterocycles. The van der Waals surface area contributed by atoms with E-state index in [4.69, 9.17) is 0 Å². The van der Waals surface area contributed by atoms with Crippen LogP contribution in [0, 0.1) is 19.8 Å². The van der Waals surface area contributed by atoms with Gasteiger partial charge in [-0.3, -0.25) is 14.8 Å². The summed E-state index contributed by atoms with van der Waals surface area (Å²) in [5, 5.41) is 10.3. The Morgan fingerprint density at radius 2 is 1.73 bits per heavy atom. The zero-order chi connectivity index (χ0) is 26.9. The molecule has 3 amide bonds. The van der Waals surface area contributed by atoms with Gasteiger partial charge in [0.15, 0.2) is 0 Å². The number of rotatable bonds is 5. The lowest BCUT2D eigenvalue weighted by Crippen LogP contribution is -2.41. The minimum absolute atomic E-state index is 0.0947. The van der Waals surface area contributed by atoms with Gasteiger partial charge in [-0.1, -0.05) is 48.8 Å². The molecule has 196 valence electrons. The maximum absolute atomic E-state index is 12.8. The molecule has 1 fully saturated rings. The second-order valence-corrected chi connectivity index (χ2v) is 12.0. The first kappa shape index (κ1) is 26.9. The van der Waals surface area contributed by atoms with E-state index in [-0.39, 0.29) is 17.4 Å². The SMILES string of the molecule is Cc1cc(Br)cc(C)c1N1CC(Cc2ccc(NC(=O)Nc3cc(C(C)(C)C)nn3C)cc2)CCC1=O. The van der Waals surface area contributed by atoms with E-state index in [1.807, 2.05) is 42.3 Å². The zero-order valence-corrected chi connectivity index (χ0v) is 24.1. The molecular formula is C29H36BrN5O2. The van der Waals surface area contributed by atoms with Crippen molar-refractivity contribution >= 4 is 45.1 Å². The Kier molecular flexibility index (Phi) is 7.78. The molecule has 7 nitrogen and oxygen atoms in total. The van der Waals surface area contributed by atoms with Crippen LogP contribution in [0.4, 0.5) is 22.0 Å². The molecule has 1 aliphatic heterocycles. The maximum atomic E-state index is 12.8. The molecule has 8 heteroatoms. The molecule has 1 unspecified atom stereocenters. The predicted molar refractivity (Wildman–Crippen MR) is 153 cm³/mol. The Bertz CT molecular complexity index is 1280. The second-order valence-electron chi connectivity index (χ2n) is 11.1. The topological polar surface area (TPSA) is 79.3 Å². The summed E-state index contributed by atoms with van der Waals surface area (Å²) >= 11 is 3.55. The molecule has 2 aromatic carbocycles. The standard InChI is InChI=1S/C29H36BrN5O2/c1-18-13-22(30)14-19(2)27(18)35-17-21(9-12-26(35)36)15-20-7-10-23(11-8-20)31-28(37)32-25-16-24(29(3,4)5)33-34(25)6/h7-8,10-11,13-14,16,21H,9,12,15,17H2,1-6H3,(H2,31,32,37). The molecule has 0 bridgehead atoms. The van der Waals surface area contributed by atoms with Gasteiger partial charge in [-0.15, -0.1) is 0 Å². The quantitative estimate of drug-likeness (QED) is 0.360. The first-order chi connectivity index (χ1) is 17.4. The van der Waals surface area contributed by atoms with Crippen molar-refractivity contribution in [3.05, 3.63) is 69.3 Å². The number of nitrogens with one attached hydrogen (secondary N) is 2. The third kappa shape index (κ3) is 6.42. The number of amides is 3. The fourth-order valence-electron chi connectivity index (χ4n) is 4.91. The lowest BCUT2D eigenvalue weighted by Gasteiger charge is -2.34. The van der Waals surface area contributed by atoms with E-state index in [1.165, 1.54) is 5.56 Å². The molecular weight excluding hydrogens is 530 g/mol. The maximum Gasteiger partial charge on any atom is 0.324 e. The number of carbonyl (C=O) groups excluding carboxylic acids is 2. The Morgan fingerprint density at radius 1 is 1.08 bits per heavy atom. The van der Waals surface area contributed by atoms with Crippen LogP contribution in [-0.2, 0) is 23.7 Å². The number of urea groups is 1. The van der Waals surface area contributed by atoms with Crippen LogP contribution in [0.5, 0.6) is 0 Å². The fraction of sp³-hybridized carbons (Fsp3) is 0.414. The Labute approximate surface area is 227 Å². The summed E-state index contributed by atoms with van der Waals surface area (Å²) in [5.74, 6) is 1.22. The number of piperidine rings is 1. The van der Waals surface area contributed by atoms with Gasteiger partial charge in [-0.25, -0.2) is 4.79 Å². The van der Waals surface area contributed by atoms with E-state index in [0.717, 1.165) is 45.5 Å². The molecule has 1 saturated heterocycles. The average Bonchev–Trinajstić information content (AvgIpc) is 3.17. The summed E-state index contributed by atoms with van der Waals surface area (Å²) in [6.45, 7) is 11.1. The zero-order valence-electron chi connectivity index (χ0n) is 22.5. The van der Waals surface area contributed by atoms with Gasteiger partial charge in [0.25, 0.3) is 0 Å². The highest BCUT2D eigenvalue weighted by Gasteiger charge is 2.29. The number of aromatic nitrogens is 2. The van der Waals surface area contributed by atoms with Crippen LogP contribution in [-0.4, -0.2) is 28.3 Å². The third-order valence-corrected chi connectivity index (χ3v) is 7.32. The minimum atomic E-state index is -0.308. The Morgan fingerprint density at radius 3 is 2.32 bits per heavy atom. The molecule has 0 aliphatic carbocycles. The monoisotopic (exact) mass is 565 g/mol. The van der Waals surface area contributed by atoms with Crippen LogP contribution in [0.2, 0.25) is 0 Å². The first-order valence-corrected chi connectivity index (χ1v) is 13.5. The summed E-state index contributed by atoms with van der Waals surface area (Å²) in [7, 11) is 1.82. The van der Waals surface area contributed by atoms with Crippen LogP contribution >= 0.6 is 15.9 Å². The van der Waals surface area contributed by atoms with Gasteiger partial charge in [0, 0.05) is 47.3 Å². The average molecular weight is 567 g/mol. The molecule has 0 spiro atoms. The van der Waals surface area contributed by atoms with Gasteiger partial charge in [-0.05, 0) is 73.6 Å². The number of hydrogen-bond acceptors (Lipinski definition) is 3. The van der Waals surface area contributed by atoms with Crippen molar-refractivity contribution in [1.82, 2.24) is 9.78 Å². The summed E-state index contributed by atoms with van der Waals surface area (Å²) in [5.41, 5.74) is 5.99. The molecule has 1 aliphatic rings. The normalized spacial score (nSPS) is 16.1. The van der Waals surface area contributed by atoms with Crippen LogP contribution in [0.3, 0.4) is 0 Å². The van der Waals surface area contributed by atoms with Crippen LogP contribution in [0.1, 0.15) is 56.0 Å². The van der Waals surface area contributed by atoms with E-state index in [0.29, 0.717) is 24.7 Å². The van der Waals surface area contributed by atoms with Gasteiger partial charge in [0.05, 0.1) is 5.69 Å². The van der Waals surface area contributed by atoms with Crippen molar-refractivity contribution in [1.29, 1.82) is 0 Å². The lowest BCUT2D eigenvalue weighted by atomic mass is 9.90. The molecule has 0 saturated carbocycles. The van der Waals surface area contributed by atoms with E-state index in [2.05, 4.69) is 78.4 Å². The van der Waals surface area contributed by atoms with E-state index in [1.54, 1.807) is 4.68 Å². The molecule has 2 N–H and O–H groups in total. The molecule has 0 radical (unpaired) electrons. The number of benzene rings is 2. The van der Waals surface area contributed by atoms with Crippen molar-refractivity contribution in [2.75, 3.05) is 22.1 Å². The number of hydrogen-bond donors (Lipinski definition) is 2. The molecule has 1 atom stereocenters. The second kappa shape index (κ2) is 10.7. The van der Waals surface area contributed by atoms with E-state index in [9.17, 15) is 9.59 Å². The van der Waals surface area contributed by atoms with Crippen LogP contribution in [0.25, 0.3) is 0 Å². The van der Waals surface area contributed by atoms with Gasteiger partial charge in [0.2, 0.25) is 5.91 Å². The summed E-state index contributed by atoms with van der Waals surface area (Å²) in [6, 6.07) is 13.7. The number of aryl methyl sites for hydroxylation is 3. The summed E-state index contributed by atoms with van der Waals surface area (Å²) < 4.78 is 2.71.